The molecule has 128 valence electrons. The topological polar surface area (TPSA) is 76.7 Å². The van der Waals surface area contributed by atoms with Crippen LogP contribution in [0.25, 0.3) is 0 Å². The molecule has 0 saturated heterocycles. The molecule has 0 amide bonds. The van der Waals surface area contributed by atoms with Crippen LogP contribution in [0.4, 0.5) is 17.6 Å². The van der Waals surface area contributed by atoms with Gasteiger partial charge in [-0.2, -0.15) is 15.0 Å². The molecule has 25 heavy (non-hydrogen) atoms. The number of para-hydroxylation sites is 1. The third-order valence-corrected chi connectivity index (χ3v) is 5.00. The van der Waals surface area contributed by atoms with Crippen molar-refractivity contribution in [1.29, 1.82) is 0 Å². The van der Waals surface area contributed by atoms with Crippen molar-refractivity contribution in [1.82, 2.24) is 15.0 Å². The smallest absolute Gasteiger partial charge is 0.232 e. The number of thioether (sulfide) groups is 1. The van der Waals surface area contributed by atoms with Gasteiger partial charge in [0.1, 0.15) is 5.82 Å². The Morgan fingerprint density at radius 2 is 1.72 bits per heavy atom. The molecule has 3 N–H and O–H groups in total. The van der Waals surface area contributed by atoms with Crippen molar-refractivity contribution < 1.29 is 0 Å². The average molecular weight is 351 g/mol. The summed E-state index contributed by atoms with van der Waals surface area (Å²) in [6.45, 7) is 4.22. The predicted molar refractivity (Wildman–Crippen MR) is 105 cm³/mol. The zero-order valence-electron chi connectivity index (χ0n) is 14.3. The highest BCUT2D eigenvalue weighted by Gasteiger charge is 2.13. The van der Waals surface area contributed by atoms with Crippen LogP contribution in [0.15, 0.2) is 54.6 Å². The Bertz CT molecular complexity index is 838. The minimum absolute atomic E-state index is 0.112. The molecule has 1 unspecified atom stereocenters. The summed E-state index contributed by atoms with van der Waals surface area (Å²) < 4.78 is 0. The third kappa shape index (κ3) is 4.70. The zero-order chi connectivity index (χ0) is 17.6. The van der Waals surface area contributed by atoms with Crippen molar-refractivity contribution in [2.45, 2.75) is 24.9 Å². The van der Waals surface area contributed by atoms with Gasteiger partial charge in [0.2, 0.25) is 11.9 Å². The second kappa shape index (κ2) is 7.98. The molecule has 2 aromatic carbocycles. The Kier molecular flexibility index (Phi) is 5.50. The Labute approximate surface area is 152 Å². The number of rotatable bonds is 6. The normalized spacial score (nSPS) is 11.9. The fraction of sp³-hybridized carbons (Fsp3) is 0.211. The quantitative estimate of drug-likeness (QED) is 0.681. The summed E-state index contributed by atoms with van der Waals surface area (Å²) in [4.78, 5) is 13.0. The maximum atomic E-state index is 5.87. The molecule has 6 heteroatoms. The predicted octanol–water partition coefficient (Wildman–Crippen LogP) is 4.50. The van der Waals surface area contributed by atoms with Gasteiger partial charge in [-0.15, -0.1) is 11.8 Å². The molecule has 0 aliphatic heterocycles. The molecule has 0 aliphatic carbocycles. The van der Waals surface area contributed by atoms with E-state index in [0.29, 0.717) is 11.8 Å². The highest BCUT2D eigenvalue weighted by molar-refractivity contribution is 7.98. The third-order valence-electron chi connectivity index (χ3n) is 3.81. The molecule has 0 bridgehead atoms. The summed E-state index contributed by atoms with van der Waals surface area (Å²) in [6, 6.07) is 18.2. The first-order valence-corrected chi connectivity index (χ1v) is 9.16. The molecule has 5 nitrogen and oxygen atoms in total. The molecule has 3 aromatic rings. The van der Waals surface area contributed by atoms with E-state index in [1.165, 1.54) is 11.1 Å². The van der Waals surface area contributed by atoms with Gasteiger partial charge in [0.25, 0.3) is 0 Å². The molecule has 0 saturated carbocycles. The first-order chi connectivity index (χ1) is 12.1. The maximum Gasteiger partial charge on any atom is 0.232 e. The van der Waals surface area contributed by atoms with Crippen molar-refractivity contribution in [3.8, 4) is 0 Å². The van der Waals surface area contributed by atoms with Gasteiger partial charge in [-0.25, -0.2) is 0 Å². The molecule has 0 spiro atoms. The number of aromatic nitrogens is 3. The first kappa shape index (κ1) is 17.2. The van der Waals surface area contributed by atoms with Crippen LogP contribution in [0.1, 0.15) is 29.1 Å². The van der Waals surface area contributed by atoms with Crippen molar-refractivity contribution in [3.63, 3.8) is 0 Å². The van der Waals surface area contributed by atoms with Gasteiger partial charge in [0, 0.05) is 11.4 Å². The van der Waals surface area contributed by atoms with Crippen LogP contribution in [0.3, 0.4) is 0 Å². The van der Waals surface area contributed by atoms with Crippen LogP contribution in [0, 0.1) is 6.92 Å². The standard InChI is InChI=1S/C19H21N5S/c1-13-8-6-7-9-15(13)12-25-14(2)17-22-18(20)24-19(23-17)21-16-10-4-3-5-11-16/h3-11,14H,12H2,1-2H3,(H3,20,21,22,23,24). The Balaban J connectivity index is 1.72. The number of nitrogens with two attached hydrogens (primary N) is 1. The number of hydrogen-bond acceptors (Lipinski definition) is 6. The number of hydrogen-bond donors (Lipinski definition) is 2. The minimum Gasteiger partial charge on any atom is -0.368 e. The van der Waals surface area contributed by atoms with E-state index in [-0.39, 0.29) is 11.2 Å². The summed E-state index contributed by atoms with van der Waals surface area (Å²) in [5, 5.41) is 3.28. The molecule has 1 heterocycles. The molecule has 1 aromatic heterocycles. The van der Waals surface area contributed by atoms with Crippen molar-refractivity contribution in [3.05, 3.63) is 71.5 Å². The van der Waals surface area contributed by atoms with Crippen LogP contribution in [-0.4, -0.2) is 15.0 Å². The van der Waals surface area contributed by atoms with E-state index >= 15 is 0 Å². The minimum atomic E-state index is 0.112. The summed E-state index contributed by atoms with van der Waals surface area (Å²) in [7, 11) is 0. The van der Waals surface area contributed by atoms with E-state index in [1.54, 1.807) is 11.8 Å². The highest BCUT2D eigenvalue weighted by Crippen LogP contribution is 2.30. The lowest BCUT2D eigenvalue weighted by Gasteiger charge is -2.13. The number of nitrogens with one attached hydrogen (secondary N) is 1. The van der Waals surface area contributed by atoms with Gasteiger partial charge < -0.3 is 11.1 Å². The zero-order valence-corrected chi connectivity index (χ0v) is 15.1. The van der Waals surface area contributed by atoms with Gasteiger partial charge in [-0.3, -0.25) is 0 Å². The lowest BCUT2D eigenvalue weighted by molar-refractivity contribution is 0.895. The molecule has 3 rings (SSSR count). The largest absolute Gasteiger partial charge is 0.368 e. The van der Waals surface area contributed by atoms with Crippen LogP contribution >= 0.6 is 11.8 Å². The van der Waals surface area contributed by atoms with Gasteiger partial charge in [-0.1, -0.05) is 42.5 Å². The van der Waals surface area contributed by atoms with Gasteiger partial charge >= 0.3 is 0 Å². The lowest BCUT2D eigenvalue weighted by Crippen LogP contribution is -2.08. The molecule has 0 aliphatic rings. The van der Waals surface area contributed by atoms with E-state index in [2.05, 4.69) is 58.4 Å². The molecule has 0 fully saturated rings. The van der Waals surface area contributed by atoms with E-state index in [9.17, 15) is 0 Å². The van der Waals surface area contributed by atoms with Crippen molar-refractivity contribution in [2.75, 3.05) is 11.1 Å². The maximum absolute atomic E-state index is 5.87. The summed E-state index contributed by atoms with van der Waals surface area (Å²) in [5.41, 5.74) is 9.41. The van der Waals surface area contributed by atoms with Crippen molar-refractivity contribution in [2.24, 2.45) is 0 Å². The molecular formula is C19H21N5S. The van der Waals surface area contributed by atoms with Crippen LogP contribution < -0.4 is 11.1 Å². The Morgan fingerprint density at radius 1 is 1.00 bits per heavy atom. The number of nitrogen functional groups attached to an aromatic ring is 1. The lowest BCUT2D eigenvalue weighted by atomic mass is 10.1. The fourth-order valence-electron chi connectivity index (χ4n) is 2.36. The molecule has 1 atom stereocenters. The first-order valence-electron chi connectivity index (χ1n) is 8.11. The second-order valence-electron chi connectivity index (χ2n) is 5.75. The fourth-order valence-corrected chi connectivity index (χ4v) is 3.37. The molecular weight excluding hydrogens is 330 g/mol. The Morgan fingerprint density at radius 3 is 2.48 bits per heavy atom. The monoisotopic (exact) mass is 351 g/mol. The number of benzene rings is 2. The van der Waals surface area contributed by atoms with Crippen LogP contribution in [0.5, 0.6) is 0 Å². The van der Waals surface area contributed by atoms with Gasteiger partial charge in [0.05, 0.1) is 5.25 Å². The van der Waals surface area contributed by atoms with Crippen molar-refractivity contribution >= 4 is 29.3 Å². The van der Waals surface area contributed by atoms with E-state index < -0.39 is 0 Å². The van der Waals surface area contributed by atoms with Gasteiger partial charge in [0.15, 0.2) is 0 Å². The van der Waals surface area contributed by atoms with E-state index in [0.717, 1.165) is 11.4 Å². The summed E-state index contributed by atoms with van der Waals surface area (Å²) in [5.74, 6) is 2.29. The highest BCUT2D eigenvalue weighted by atomic mass is 32.2. The Hall–Kier alpha value is -2.60. The van der Waals surface area contributed by atoms with Crippen LogP contribution in [0.2, 0.25) is 0 Å². The summed E-state index contributed by atoms with van der Waals surface area (Å²) >= 11 is 1.78. The number of anilines is 3. The number of aryl methyl sites for hydroxylation is 1. The SMILES string of the molecule is Cc1ccccc1CSC(C)c1nc(N)nc(Nc2ccccc2)n1. The average Bonchev–Trinajstić information content (AvgIpc) is 2.61. The van der Waals surface area contributed by atoms with Gasteiger partial charge in [-0.05, 0) is 37.1 Å². The van der Waals surface area contributed by atoms with Crippen LogP contribution in [-0.2, 0) is 5.75 Å². The summed E-state index contributed by atoms with van der Waals surface area (Å²) in [6.07, 6.45) is 0. The number of nitrogens with zero attached hydrogens (tertiary/aromatic N) is 3. The van der Waals surface area contributed by atoms with E-state index in [4.69, 9.17) is 5.73 Å². The molecule has 0 radical (unpaired) electrons. The van der Waals surface area contributed by atoms with E-state index in [1.807, 2.05) is 30.3 Å². The second-order valence-corrected chi connectivity index (χ2v) is 7.08.